The molecule has 0 radical (unpaired) electrons. The van der Waals surface area contributed by atoms with E-state index in [1.54, 1.807) is 0 Å². The topological polar surface area (TPSA) is 38.5 Å². The van der Waals surface area contributed by atoms with Gasteiger partial charge in [0.2, 0.25) is 0 Å². The van der Waals surface area contributed by atoms with Crippen molar-refractivity contribution in [3.8, 4) is 0 Å². The summed E-state index contributed by atoms with van der Waals surface area (Å²) in [6.45, 7) is 10.7. The van der Waals surface area contributed by atoms with E-state index in [9.17, 15) is 0 Å². The molecule has 1 saturated heterocycles. The van der Waals surface area contributed by atoms with E-state index in [0.29, 0.717) is 6.10 Å². The fraction of sp³-hybridized carbons (Fsp3) is 1.00. The van der Waals surface area contributed by atoms with Crippen LogP contribution in [-0.4, -0.2) is 42.8 Å². The molecule has 0 amide bonds. The molecule has 18 heavy (non-hydrogen) atoms. The maximum absolute atomic E-state index is 6.19. The summed E-state index contributed by atoms with van der Waals surface area (Å²) < 4.78 is 5.68. The minimum absolute atomic E-state index is 0.255. The maximum Gasteiger partial charge on any atom is 0.0674 e. The Morgan fingerprint density at radius 1 is 1.44 bits per heavy atom. The number of hydrogen-bond donors (Lipinski definition) is 1. The minimum atomic E-state index is 0.255. The first kappa shape index (κ1) is 14.3. The van der Waals surface area contributed by atoms with Crippen LogP contribution in [0.5, 0.6) is 0 Å². The van der Waals surface area contributed by atoms with Gasteiger partial charge in [0.25, 0.3) is 0 Å². The first-order chi connectivity index (χ1) is 8.57. The van der Waals surface area contributed by atoms with Crippen LogP contribution in [0, 0.1) is 11.8 Å². The molecule has 106 valence electrons. The van der Waals surface area contributed by atoms with E-state index in [1.807, 2.05) is 0 Å². The lowest BCUT2D eigenvalue weighted by Crippen LogP contribution is -2.61. The average molecular weight is 254 g/mol. The van der Waals surface area contributed by atoms with Crippen LogP contribution in [0.15, 0.2) is 0 Å². The second-order valence-electron chi connectivity index (χ2n) is 6.66. The highest BCUT2D eigenvalue weighted by Crippen LogP contribution is 2.40. The highest BCUT2D eigenvalue weighted by molar-refractivity contribution is 4.98. The Bertz CT molecular complexity index is 269. The van der Waals surface area contributed by atoms with Gasteiger partial charge in [-0.05, 0) is 31.6 Å². The lowest BCUT2D eigenvalue weighted by atomic mass is 9.70. The summed E-state index contributed by atoms with van der Waals surface area (Å²) in [5, 5.41) is 0. The van der Waals surface area contributed by atoms with Crippen LogP contribution in [-0.2, 0) is 4.74 Å². The average Bonchev–Trinajstić information content (AvgIpc) is 2.38. The first-order valence-corrected chi connectivity index (χ1v) is 7.64. The van der Waals surface area contributed by atoms with Crippen LogP contribution in [0.25, 0.3) is 0 Å². The summed E-state index contributed by atoms with van der Waals surface area (Å²) in [6, 6.07) is 0. The Morgan fingerprint density at radius 2 is 2.22 bits per heavy atom. The molecule has 3 heteroatoms. The number of nitrogens with two attached hydrogens (primary N) is 1. The van der Waals surface area contributed by atoms with Gasteiger partial charge in [0.15, 0.2) is 0 Å². The van der Waals surface area contributed by atoms with Gasteiger partial charge in [0, 0.05) is 25.2 Å². The second-order valence-corrected chi connectivity index (χ2v) is 6.66. The Hall–Kier alpha value is -0.120. The fourth-order valence-electron chi connectivity index (χ4n) is 3.81. The quantitative estimate of drug-likeness (QED) is 0.839. The van der Waals surface area contributed by atoms with Crippen molar-refractivity contribution in [2.75, 3.05) is 26.2 Å². The smallest absolute Gasteiger partial charge is 0.0674 e. The molecule has 0 bridgehead atoms. The number of hydrogen-bond acceptors (Lipinski definition) is 3. The molecule has 2 fully saturated rings. The van der Waals surface area contributed by atoms with Gasteiger partial charge in [0.1, 0.15) is 0 Å². The van der Waals surface area contributed by atoms with Gasteiger partial charge in [0.05, 0.1) is 12.7 Å². The first-order valence-electron chi connectivity index (χ1n) is 7.64. The van der Waals surface area contributed by atoms with Crippen LogP contribution < -0.4 is 5.73 Å². The molecule has 3 atom stereocenters. The predicted octanol–water partition coefficient (Wildman–Crippen LogP) is 2.25. The van der Waals surface area contributed by atoms with Crippen LogP contribution >= 0.6 is 0 Å². The predicted molar refractivity (Wildman–Crippen MR) is 75.6 cm³/mol. The molecule has 1 aliphatic carbocycles. The van der Waals surface area contributed by atoms with Crippen LogP contribution in [0.2, 0.25) is 0 Å². The summed E-state index contributed by atoms with van der Waals surface area (Å²) in [4.78, 5) is 2.63. The molecule has 1 saturated carbocycles. The molecule has 3 unspecified atom stereocenters. The van der Waals surface area contributed by atoms with Crippen molar-refractivity contribution in [1.82, 2.24) is 4.90 Å². The molecule has 0 aromatic heterocycles. The Morgan fingerprint density at radius 3 is 2.83 bits per heavy atom. The van der Waals surface area contributed by atoms with E-state index in [-0.39, 0.29) is 5.54 Å². The Balaban J connectivity index is 2.08. The molecule has 0 aromatic rings. The molecule has 0 aromatic carbocycles. The summed E-state index contributed by atoms with van der Waals surface area (Å²) in [5.41, 5.74) is 6.45. The van der Waals surface area contributed by atoms with E-state index in [1.165, 1.54) is 25.7 Å². The highest BCUT2D eigenvalue weighted by Gasteiger charge is 2.42. The zero-order valence-corrected chi connectivity index (χ0v) is 12.3. The molecule has 3 nitrogen and oxygen atoms in total. The third-order valence-electron chi connectivity index (χ3n) is 5.09. The van der Waals surface area contributed by atoms with E-state index >= 15 is 0 Å². The Labute approximate surface area is 112 Å². The van der Waals surface area contributed by atoms with Crippen molar-refractivity contribution in [2.45, 2.75) is 58.1 Å². The molecular formula is C15H30N2O. The highest BCUT2D eigenvalue weighted by atomic mass is 16.5. The normalized spacial score (nSPS) is 39.2. The standard InChI is InChI=1S/C15H30N2O/c1-12(2)14-5-4-6-15(9-14,11-16)17-7-8-18-13(3)10-17/h12-14H,4-11,16H2,1-3H3. The summed E-state index contributed by atoms with van der Waals surface area (Å²) in [7, 11) is 0. The van der Waals surface area contributed by atoms with Crippen molar-refractivity contribution in [1.29, 1.82) is 0 Å². The van der Waals surface area contributed by atoms with E-state index in [2.05, 4.69) is 25.7 Å². The molecular weight excluding hydrogens is 224 g/mol. The summed E-state index contributed by atoms with van der Waals surface area (Å²) in [6.07, 6.45) is 5.65. The van der Waals surface area contributed by atoms with Crippen molar-refractivity contribution in [2.24, 2.45) is 17.6 Å². The van der Waals surface area contributed by atoms with Gasteiger partial charge < -0.3 is 10.5 Å². The zero-order valence-electron chi connectivity index (χ0n) is 12.3. The second kappa shape index (κ2) is 5.89. The Kier molecular flexibility index (Phi) is 4.68. The van der Waals surface area contributed by atoms with Gasteiger partial charge in [-0.2, -0.15) is 0 Å². The number of morpholine rings is 1. The van der Waals surface area contributed by atoms with Crippen molar-refractivity contribution in [3.63, 3.8) is 0 Å². The van der Waals surface area contributed by atoms with E-state index in [4.69, 9.17) is 10.5 Å². The van der Waals surface area contributed by atoms with E-state index in [0.717, 1.165) is 38.1 Å². The van der Waals surface area contributed by atoms with Crippen molar-refractivity contribution < 1.29 is 4.74 Å². The van der Waals surface area contributed by atoms with E-state index < -0.39 is 0 Å². The minimum Gasteiger partial charge on any atom is -0.376 e. The SMILES string of the molecule is CC1CN(C2(CN)CCCC(C(C)C)C2)CCO1. The van der Waals surface area contributed by atoms with Gasteiger partial charge in [-0.1, -0.05) is 26.7 Å². The van der Waals surface area contributed by atoms with Gasteiger partial charge in [-0.15, -0.1) is 0 Å². The number of ether oxygens (including phenoxy) is 1. The van der Waals surface area contributed by atoms with Crippen LogP contribution in [0.4, 0.5) is 0 Å². The summed E-state index contributed by atoms with van der Waals surface area (Å²) in [5.74, 6) is 1.63. The fourth-order valence-corrected chi connectivity index (χ4v) is 3.81. The molecule has 2 rings (SSSR count). The lowest BCUT2D eigenvalue weighted by molar-refractivity contribution is -0.0784. The van der Waals surface area contributed by atoms with Gasteiger partial charge in [-0.3, -0.25) is 4.90 Å². The zero-order chi connectivity index (χ0) is 13.2. The third-order valence-corrected chi connectivity index (χ3v) is 5.09. The lowest BCUT2D eigenvalue weighted by Gasteiger charge is -2.51. The van der Waals surface area contributed by atoms with Crippen LogP contribution in [0.1, 0.15) is 46.5 Å². The number of rotatable bonds is 3. The molecule has 0 spiro atoms. The third kappa shape index (κ3) is 2.89. The van der Waals surface area contributed by atoms with Crippen molar-refractivity contribution >= 4 is 0 Å². The van der Waals surface area contributed by atoms with Crippen molar-refractivity contribution in [3.05, 3.63) is 0 Å². The largest absolute Gasteiger partial charge is 0.376 e. The van der Waals surface area contributed by atoms with Gasteiger partial charge >= 0.3 is 0 Å². The molecule has 1 aliphatic heterocycles. The molecule has 1 heterocycles. The summed E-state index contributed by atoms with van der Waals surface area (Å²) >= 11 is 0. The molecule has 2 aliphatic rings. The monoisotopic (exact) mass is 254 g/mol. The maximum atomic E-state index is 6.19. The number of nitrogens with zero attached hydrogens (tertiary/aromatic N) is 1. The molecule has 2 N–H and O–H groups in total. The van der Waals surface area contributed by atoms with Crippen LogP contribution in [0.3, 0.4) is 0 Å². The van der Waals surface area contributed by atoms with Gasteiger partial charge in [-0.25, -0.2) is 0 Å².